The number of aldehydes is 1. The van der Waals surface area contributed by atoms with Crippen LogP contribution in [-0.2, 0) is 11.2 Å². The fraction of sp³-hybridized carbons (Fsp3) is 0.478. The molecule has 4 heteroatoms. The van der Waals surface area contributed by atoms with E-state index in [-0.39, 0.29) is 28.4 Å². The third-order valence-electron chi connectivity index (χ3n) is 6.38. The molecule has 27 heavy (non-hydrogen) atoms. The molecule has 0 saturated heterocycles. The number of rotatable bonds is 5. The Kier molecular flexibility index (Phi) is 6.30. The molecule has 2 N–H and O–H groups in total. The number of phenolic OH excluding ortho intramolecular Hbond substituents is 2. The Morgan fingerprint density at radius 1 is 1.33 bits per heavy atom. The summed E-state index contributed by atoms with van der Waals surface area (Å²) in [5.41, 5.74) is 1.89. The minimum Gasteiger partial charge on any atom is -0.508 e. The zero-order valence-electron chi connectivity index (χ0n) is 16.9. The number of hydrogen-bond donors (Lipinski definition) is 2. The molecule has 1 aromatic rings. The fourth-order valence-corrected chi connectivity index (χ4v) is 3.80. The fourth-order valence-electron chi connectivity index (χ4n) is 3.80. The van der Waals surface area contributed by atoms with Crippen LogP contribution in [0.2, 0.25) is 0 Å². The van der Waals surface area contributed by atoms with Crippen LogP contribution in [0.1, 0.15) is 62.0 Å². The molecule has 0 heterocycles. The number of Topliss-reactive ketones (excluding diaryl/α,β-unsaturated/α-hetero) is 1. The number of benzene rings is 1. The van der Waals surface area contributed by atoms with Crippen molar-refractivity contribution in [3.8, 4) is 11.5 Å². The number of hydrogen-bond acceptors (Lipinski definition) is 4. The predicted molar refractivity (Wildman–Crippen MR) is 107 cm³/mol. The summed E-state index contributed by atoms with van der Waals surface area (Å²) in [7, 11) is 0. The molecule has 4 nitrogen and oxygen atoms in total. The maximum atomic E-state index is 12.1. The van der Waals surface area contributed by atoms with Crippen molar-refractivity contribution in [2.24, 2.45) is 17.3 Å². The van der Waals surface area contributed by atoms with E-state index >= 15 is 0 Å². The molecular formula is C23H30O4. The average Bonchev–Trinajstić information content (AvgIpc) is 2.61. The Hall–Kier alpha value is -2.36. The van der Waals surface area contributed by atoms with E-state index in [1.54, 1.807) is 6.92 Å². The Morgan fingerprint density at radius 3 is 2.63 bits per heavy atom. The zero-order chi connectivity index (χ0) is 20.4. The van der Waals surface area contributed by atoms with Crippen molar-refractivity contribution in [1.29, 1.82) is 0 Å². The highest BCUT2D eigenvalue weighted by Gasteiger charge is 2.41. The lowest BCUT2D eigenvalue weighted by Gasteiger charge is -2.42. The Balaban J connectivity index is 2.23. The van der Waals surface area contributed by atoms with Crippen molar-refractivity contribution in [2.45, 2.75) is 53.9 Å². The normalized spacial score (nSPS) is 26.6. The first-order valence-corrected chi connectivity index (χ1v) is 9.50. The van der Waals surface area contributed by atoms with Gasteiger partial charge in [0.05, 0.1) is 5.56 Å². The molecular weight excluding hydrogens is 340 g/mol. The van der Waals surface area contributed by atoms with E-state index in [4.69, 9.17) is 0 Å². The highest BCUT2D eigenvalue weighted by molar-refractivity contribution is 5.83. The SMILES string of the molecule is CC(C=CC1(C)C(C)CCC(=O)C1C)=CCc1c(O)cc(C)c(C=O)c1O. The molecule has 0 aliphatic heterocycles. The average molecular weight is 370 g/mol. The van der Waals surface area contributed by atoms with E-state index in [1.165, 1.54) is 6.07 Å². The molecule has 0 spiro atoms. The van der Waals surface area contributed by atoms with Crippen LogP contribution in [0, 0.1) is 24.2 Å². The summed E-state index contributed by atoms with van der Waals surface area (Å²) >= 11 is 0. The van der Waals surface area contributed by atoms with Crippen LogP contribution in [0.3, 0.4) is 0 Å². The molecule has 146 valence electrons. The van der Waals surface area contributed by atoms with Crippen molar-refractivity contribution in [2.75, 3.05) is 0 Å². The summed E-state index contributed by atoms with van der Waals surface area (Å²) in [4.78, 5) is 23.3. The number of allylic oxidation sites excluding steroid dienone is 4. The molecule has 0 aromatic heterocycles. The minimum absolute atomic E-state index is 0.00867. The summed E-state index contributed by atoms with van der Waals surface area (Å²) in [5, 5.41) is 20.4. The van der Waals surface area contributed by atoms with Gasteiger partial charge in [0.15, 0.2) is 6.29 Å². The third-order valence-corrected chi connectivity index (χ3v) is 6.38. The number of phenols is 2. The number of ketones is 1. The zero-order valence-corrected chi connectivity index (χ0v) is 16.9. The van der Waals surface area contributed by atoms with E-state index in [0.717, 1.165) is 12.0 Å². The van der Waals surface area contributed by atoms with Gasteiger partial charge in [-0.25, -0.2) is 0 Å². The Labute approximate surface area is 161 Å². The second kappa shape index (κ2) is 8.12. The van der Waals surface area contributed by atoms with Gasteiger partial charge in [0.1, 0.15) is 17.3 Å². The van der Waals surface area contributed by atoms with Gasteiger partial charge in [-0.3, -0.25) is 9.59 Å². The van der Waals surface area contributed by atoms with Crippen molar-refractivity contribution in [3.63, 3.8) is 0 Å². The van der Waals surface area contributed by atoms with E-state index < -0.39 is 0 Å². The second-order valence-electron chi connectivity index (χ2n) is 8.05. The summed E-state index contributed by atoms with van der Waals surface area (Å²) in [5.74, 6) is 0.552. The topological polar surface area (TPSA) is 74.6 Å². The highest BCUT2D eigenvalue weighted by atomic mass is 16.3. The standard InChI is InChI=1S/C23H30O4/c1-14(10-11-23(5)16(3)7-9-20(25)17(23)4)6-8-18-21(26)12-15(2)19(13-24)22(18)27/h6,10-13,16-17,26-27H,7-9H2,1-5H3. The molecule has 1 fully saturated rings. The lowest BCUT2D eigenvalue weighted by molar-refractivity contribution is -0.129. The second-order valence-corrected chi connectivity index (χ2v) is 8.05. The quantitative estimate of drug-likeness (QED) is 0.571. The van der Waals surface area contributed by atoms with Gasteiger partial charge in [-0.15, -0.1) is 0 Å². The van der Waals surface area contributed by atoms with Crippen LogP contribution in [0.15, 0.2) is 29.9 Å². The predicted octanol–water partition coefficient (Wildman–Crippen LogP) is 4.91. The Morgan fingerprint density at radius 2 is 2.00 bits per heavy atom. The Bertz CT molecular complexity index is 803. The first-order chi connectivity index (χ1) is 12.6. The van der Waals surface area contributed by atoms with E-state index in [1.807, 2.05) is 26.0 Å². The van der Waals surface area contributed by atoms with Crippen LogP contribution < -0.4 is 0 Å². The maximum Gasteiger partial charge on any atom is 0.154 e. The van der Waals surface area contributed by atoms with Gasteiger partial charge in [0, 0.05) is 17.9 Å². The first kappa shape index (κ1) is 20.9. The monoisotopic (exact) mass is 370 g/mol. The highest BCUT2D eigenvalue weighted by Crippen LogP contribution is 2.44. The van der Waals surface area contributed by atoms with Gasteiger partial charge < -0.3 is 10.2 Å². The summed E-state index contributed by atoms with van der Waals surface area (Å²) in [6.07, 6.45) is 8.52. The molecule has 0 bridgehead atoms. The lowest BCUT2D eigenvalue weighted by Crippen LogP contribution is -2.40. The number of carbonyl (C=O) groups is 2. The van der Waals surface area contributed by atoms with Crippen LogP contribution in [0.5, 0.6) is 11.5 Å². The van der Waals surface area contributed by atoms with Gasteiger partial charge in [-0.2, -0.15) is 0 Å². The smallest absolute Gasteiger partial charge is 0.154 e. The van der Waals surface area contributed by atoms with Gasteiger partial charge in [0.2, 0.25) is 0 Å². The number of carbonyl (C=O) groups excluding carboxylic acids is 2. The molecule has 1 saturated carbocycles. The van der Waals surface area contributed by atoms with E-state index in [2.05, 4.69) is 19.9 Å². The van der Waals surface area contributed by atoms with Crippen LogP contribution >= 0.6 is 0 Å². The number of aromatic hydroxyl groups is 2. The number of aryl methyl sites for hydroxylation is 1. The van der Waals surface area contributed by atoms with Crippen LogP contribution in [0.25, 0.3) is 0 Å². The molecule has 0 radical (unpaired) electrons. The summed E-state index contributed by atoms with van der Waals surface area (Å²) in [6, 6.07) is 1.50. The van der Waals surface area contributed by atoms with Gasteiger partial charge in [-0.1, -0.05) is 44.6 Å². The van der Waals surface area contributed by atoms with Crippen LogP contribution in [0.4, 0.5) is 0 Å². The lowest BCUT2D eigenvalue weighted by atomic mass is 9.61. The molecule has 3 unspecified atom stereocenters. The van der Waals surface area contributed by atoms with Gasteiger partial charge >= 0.3 is 0 Å². The molecule has 1 aliphatic carbocycles. The van der Waals surface area contributed by atoms with Gasteiger partial charge in [0.25, 0.3) is 0 Å². The largest absolute Gasteiger partial charge is 0.508 e. The maximum absolute atomic E-state index is 12.1. The van der Waals surface area contributed by atoms with Crippen molar-refractivity contribution >= 4 is 12.1 Å². The molecule has 1 aromatic carbocycles. The molecule has 3 atom stereocenters. The molecule has 2 rings (SSSR count). The van der Waals surface area contributed by atoms with E-state index in [9.17, 15) is 19.8 Å². The van der Waals surface area contributed by atoms with Crippen LogP contribution in [-0.4, -0.2) is 22.3 Å². The third kappa shape index (κ3) is 4.15. The van der Waals surface area contributed by atoms with Crippen molar-refractivity contribution < 1.29 is 19.8 Å². The summed E-state index contributed by atoms with van der Waals surface area (Å²) < 4.78 is 0. The first-order valence-electron chi connectivity index (χ1n) is 9.50. The summed E-state index contributed by atoms with van der Waals surface area (Å²) in [6.45, 7) is 9.95. The molecule has 0 amide bonds. The van der Waals surface area contributed by atoms with E-state index in [0.29, 0.717) is 42.0 Å². The molecule has 1 aliphatic rings. The van der Waals surface area contributed by atoms with Crippen molar-refractivity contribution in [1.82, 2.24) is 0 Å². The van der Waals surface area contributed by atoms with Gasteiger partial charge in [-0.05, 0) is 49.7 Å². The van der Waals surface area contributed by atoms with Crippen molar-refractivity contribution in [3.05, 3.63) is 46.6 Å². The minimum atomic E-state index is -0.177.